The Hall–Kier alpha value is -3.00. The van der Waals surface area contributed by atoms with Gasteiger partial charge >= 0.3 is 11.9 Å². The molecule has 7 nitrogen and oxygen atoms in total. The number of esters is 2. The van der Waals surface area contributed by atoms with E-state index in [4.69, 9.17) is 23.7 Å². The summed E-state index contributed by atoms with van der Waals surface area (Å²) in [5.41, 5.74) is 0.904. The van der Waals surface area contributed by atoms with Crippen molar-refractivity contribution in [2.24, 2.45) is 5.92 Å². The molecule has 7 heteroatoms. The summed E-state index contributed by atoms with van der Waals surface area (Å²) in [6.07, 6.45) is 1.49. The zero-order valence-electron chi connectivity index (χ0n) is 17.3. The highest BCUT2D eigenvalue weighted by atomic mass is 16.8. The lowest BCUT2D eigenvalue weighted by Gasteiger charge is -2.23. The van der Waals surface area contributed by atoms with Crippen LogP contribution in [0.25, 0.3) is 0 Å². The highest BCUT2D eigenvalue weighted by Gasteiger charge is 2.54. The van der Waals surface area contributed by atoms with E-state index in [9.17, 15) is 9.59 Å². The number of fused-ring (bicyclic) bond motifs is 1. The van der Waals surface area contributed by atoms with Gasteiger partial charge in [0.1, 0.15) is 18.8 Å². The molecule has 0 aromatic heterocycles. The van der Waals surface area contributed by atoms with Gasteiger partial charge < -0.3 is 23.7 Å². The fourth-order valence-corrected chi connectivity index (χ4v) is 3.63. The number of rotatable bonds is 6. The van der Waals surface area contributed by atoms with E-state index in [1.54, 1.807) is 68.5 Å². The van der Waals surface area contributed by atoms with Gasteiger partial charge in [0, 0.05) is 5.92 Å². The van der Waals surface area contributed by atoms with Gasteiger partial charge in [0.15, 0.2) is 12.1 Å². The van der Waals surface area contributed by atoms with Gasteiger partial charge in [-0.25, -0.2) is 9.59 Å². The van der Waals surface area contributed by atoms with E-state index in [-0.39, 0.29) is 12.5 Å². The van der Waals surface area contributed by atoms with Crippen molar-refractivity contribution in [3.8, 4) is 0 Å². The fourth-order valence-electron chi connectivity index (χ4n) is 3.63. The molecule has 2 aliphatic rings. The Morgan fingerprint density at radius 1 is 0.935 bits per heavy atom. The molecule has 2 aromatic carbocycles. The van der Waals surface area contributed by atoms with Gasteiger partial charge in [-0.15, -0.1) is 0 Å². The van der Waals surface area contributed by atoms with E-state index < -0.39 is 36.2 Å². The molecule has 4 atom stereocenters. The van der Waals surface area contributed by atoms with Crippen LogP contribution in [0, 0.1) is 5.92 Å². The summed E-state index contributed by atoms with van der Waals surface area (Å²) < 4.78 is 28.4. The average molecular weight is 424 g/mol. The number of hydrogen-bond donors (Lipinski definition) is 0. The minimum absolute atomic E-state index is 0.00944. The third kappa shape index (κ3) is 5.02. The Kier molecular flexibility index (Phi) is 6.18. The Balaban J connectivity index is 1.42. The maximum atomic E-state index is 12.3. The summed E-state index contributed by atoms with van der Waals surface area (Å²) in [5, 5.41) is 0. The van der Waals surface area contributed by atoms with E-state index in [0.29, 0.717) is 11.1 Å². The summed E-state index contributed by atoms with van der Waals surface area (Å²) in [6, 6.07) is 17.4. The fraction of sp³-hybridized carbons (Fsp3) is 0.333. The first kappa shape index (κ1) is 21.2. The molecular formula is C24H24O7. The summed E-state index contributed by atoms with van der Waals surface area (Å²) in [4.78, 5) is 24.5. The lowest BCUT2D eigenvalue weighted by Crippen LogP contribution is -2.32. The zero-order valence-corrected chi connectivity index (χ0v) is 17.3. The van der Waals surface area contributed by atoms with Gasteiger partial charge in [0.2, 0.25) is 0 Å². The number of carbonyl (C=O) groups is 2. The van der Waals surface area contributed by atoms with Crippen LogP contribution in [0.15, 0.2) is 73.0 Å². The van der Waals surface area contributed by atoms with Crippen LogP contribution in [0.2, 0.25) is 0 Å². The van der Waals surface area contributed by atoms with E-state index in [2.05, 4.69) is 0 Å². The van der Waals surface area contributed by atoms with Crippen LogP contribution >= 0.6 is 0 Å². The first-order chi connectivity index (χ1) is 14.9. The summed E-state index contributed by atoms with van der Waals surface area (Å²) >= 11 is 0. The van der Waals surface area contributed by atoms with Gasteiger partial charge in [0.25, 0.3) is 0 Å². The van der Waals surface area contributed by atoms with Crippen LogP contribution in [0.4, 0.5) is 0 Å². The Labute approximate surface area is 180 Å². The molecule has 2 aliphatic heterocycles. The largest absolute Gasteiger partial charge is 0.459 e. The Morgan fingerprint density at radius 2 is 1.55 bits per heavy atom. The molecule has 2 aromatic rings. The molecular weight excluding hydrogens is 400 g/mol. The van der Waals surface area contributed by atoms with Crippen LogP contribution in [-0.2, 0) is 23.7 Å². The van der Waals surface area contributed by atoms with Gasteiger partial charge in [-0.3, -0.25) is 0 Å². The van der Waals surface area contributed by atoms with Crippen LogP contribution in [0.3, 0.4) is 0 Å². The Bertz CT molecular complexity index is 939. The van der Waals surface area contributed by atoms with Crippen molar-refractivity contribution in [2.45, 2.75) is 38.1 Å². The van der Waals surface area contributed by atoms with Crippen LogP contribution in [-0.4, -0.2) is 42.8 Å². The molecule has 2 fully saturated rings. The predicted octanol–water partition coefficient (Wildman–Crippen LogP) is 3.71. The molecule has 31 heavy (non-hydrogen) atoms. The zero-order chi connectivity index (χ0) is 21.8. The topological polar surface area (TPSA) is 80.3 Å². The van der Waals surface area contributed by atoms with Crippen molar-refractivity contribution in [3.63, 3.8) is 0 Å². The van der Waals surface area contributed by atoms with Crippen molar-refractivity contribution in [3.05, 3.63) is 84.1 Å². The van der Waals surface area contributed by atoms with Crippen molar-refractivity contribution < 1.29 is 33.3 Å². The maximum absolute atomic E-state index is 12.3. The minimum Gasteiger partial charge on any atom is -0.459 e. The monoisotopic (exact) mass is 424 g/mol. The highest BCUT2D eigenvalue weighted by Crippen LogP contribution is 2.41. The molecule has 0 spiro atoms. The Morgan fingerprint density at radius 3 is 2.19 bits per heavy atom. The van der Waals surface area contributed by atoms with Crippen molar-refractivity contribution >= 4 is 11.9 Å². The molecule has 0 radical (unpaired) electrons. The van der Waals surface area contributed by atoms with E-state index >= 15 is 0 Å². The predicted molar refractivity (Wildman–Crippen MR) is 110 cm³/mol. The molecule has 0 amide bonds. The van der Waals surface area contributed by atoms with Crippen molar-refractivity contribution in [1.29, 1.82) is 0 Å². The standard InChI is InChI=1S/C24H24O7/c1-24(2)30-20-18(13-14-27-21(25)16-9-5-3-6-10-16)19(29-23(20)31-24)15-28-22(26)17-11-7-4-8-12-17/h3-14,18-20,23H,15H2,1-2H3/b14-13+/t18?,19-,20-,23-/m1/s1. The van der Waals surface area contributed by atoms with Crippen LogP contribution in [0.5, 0.6) is 0 Å². The second kappa shape index (κ2) is 9.01. The summed E-state index contributed by atoms with van der Waals surface area (Å²) in [5.74, 6) is -2.04. The molecule has 0 aliphatic carbocycles. The molecule has 0 saturated carbocycles. The number of benzene rings is 2. The third-order valence-electron chi connectivity index (χ3n) is 5.08. The van der Waals surface area contributed by atoms with Gasteiger partial charge in [-0.05, 0) is 44.2 Å². The highest BCUT2D eigenvalue weighted by molar-refractivity contribution is 5.90. The number of ether oxygens (including phenoxy) is 5. The smallest absolute Gasteiger partial charge is 0.342 e. The molecule has 4 rings (SSSR count). The maximum Gasteiger partial charge on any atom is 0.342 e. The molecule has 1 unspecified atom stereocenters. The van der Waals surface area contributed by atoms with Crippen LogP contribution < -0.4 is 0 Å². The minimum atomic E-state index is -0.798. The second-order valence-electron chi connectivity index (χ2n) is 7.78. The van der Waals surface area contributed by atoms with E-state index in [1.165, 1.54) is 6.26 Å². The third-order valence-corrected chi connectivity index (χ3v) is 5.08. The molecule has 2 saturated heterocycles. The first-order valence-electron chi connectivity index (χ1n) is 10.1. The SMILES string of the molecule is CC1(C)O[C@H]2O[C@H](COC(=O)c3ccccc3)C(/C=C/OC(=O)c3ccccc3)[C@H]2O1. The summed E-state index contributed by atoms with van der Waals surface area (Å²) in [6.45, 7) is 3.61. The average Bonchev–Trinajstić information content (AvgIpc) is 3.24. The van der Waals surface area contributed by atoms with E-state index in [1.807, 2.05) is 12.1 Å². The van der Waals surface area contributed by atoms with Gasteiger partial charge in [0.05, 0.1) is 17.4 Å². The quantitative estimate of drug-likeness (QED) is 0.517. The van der Waals surface area contributed by atoms with Crippen molar-refractivity contribution in [2.75, 3.05) is 6.61 Å². The number of hydrogen-bond acceptors (Lipinski definition) is 7. The molecule has 2 heterocycles. The number of carbonyl (C=O) groups excluding carboxylic acids is 2. The second-order valence-corrected chi connectivity index (χ2v) is 7.78. The summed E-state index contributed by atoms with van der Waals surface area (Å²) in [7, 11) is 0. The van der Waals surface area contributed by atoms with Gasteiger partial charge in [-0.2, -0.15) is 0 Å². The normalized spacial score (nSPS) is 26.5. The molecule has 0 bridgehead atoms. The van der Waals surface area contributed by atoms with E-state index in [0.717, 1.165) is 0 Å². The van der Waals surface area contributed by atoms with Gasteiger partial charge in [-0.1, -0.05) is 36.4 Å². The van der Waals surface area contributed by atoms with Crippen LogP contribution in [0.1, 0.15) is 34.6 Å². The molecule has 0 N–H and O–H groups in total. The first-order valence-corrected chi connectivity index (χ1v) is 10.1. The van der Waals surface area contributed by atoms with Crippen molar-refractivity contribution in [1.82, 2.24) is 0 Å². The lowest BCUT2D eigenvalue weighted by molar-refractivity contribution is -0.211. The lowest BCUT2D eigenvalue weighted by atomic mass is 9.99. The molecule has 162 valence electrons.